The third kappa shape index (κ3) is 7.79. The van der Waals surface area contributed by atoms with Crippen LogP contribution in [0.2, 0.25) is 0 Å². The Morgan fingerprint density at radius 3 is 1.24 bits per heavy atom. The zero-order valence-corrected chi connectivity index (χ0v) is 18.0. The quantitative estimate of drug-likeness (QED) is 0.338. The van der Waals surface area contributed by atoms with Crippen LogP contribution in [0.4, 0.5) is 0 Å². The molecule has 0 aromatic heterocycles. The van der Waals surface area contributed by atoms with E-state index in [9.17, 15) is 16.8 Å². The Morgan fingerprint density at radius 1 is 0.640 bits per heavy atom. The fourth-order valence-corrected chi connectivity index (χ4v) is 15.2. The van der Waals surface area contributed by atoms with Gasteiger partial charge in [-0.15, -0.1) is 0 Å². The van der Waals surface area contributed by atoms with Crippen LogP contribution in [0.5, 0.6) is 0 Å². The molecule has 2 aromatic carbocycles. The molecule has 2 rings (SSSR count). The first-order chi connectivity index (χ1) is 11.6. The minimum absolute atomic E-state index is 0.349. The van der Waals surface area contributed by atoms with Gasteiger partial charge in [-0.05, 0) is 0 Å². The van der Waals surface area contributed by atoms with Crippen molar-refractivity contribution in [2.24, 2.45) is 0 Å². The van der Waals surface area contributed by atoms with Crippen molar-refractivity contribution in [3.63, 3.8) is 0 Å². The van der Waals surface area contributed by atoms with Gasteiger partial charge in [0.25, 0.3) is 0 Å². The van der Waals surface area contributed by atoms with Crippen LogP contribution in [-0.4, -0.2) is 25.9 Å². The molecule has 0 bridgehead atoms. The van der Waals surface area contributed by atoms with E-state index in [0.29, 0.717) is 7.14 Å². The normalized spacial score (nSPS) is 13.4. The third-order valence-electron chi connectivity index (χ3n) is 2.20. The van der Waals surface area contributed by atoms with Gasteiger partial charge in [-0.2, -0.15) is 0 Å². The van der Waals surface area contributed by atoms with E-state index in [1.165, 1.54) is 24.3 Å². The minimum atomic E-state index is -4.84. The molecular weight excluding hydrogens is 606 g/mol. The van der Waals surface area contributed by atoms with Crippen molar-refractivity contribution in [3.8, 4) is 0 Å². The summed E-state index contributed by atoms with van der Waals surface area (Å²) in [7, 11) is -9.68. The third-order valence-corrected chi connectivity index (χ3v) is 15.6. The van der Waals surface area contributed by atoms with E-state index in [0.717, 1.165) is 0 Å². The van der Waals surface area contributed by atoms with Crippen LogP contribution in [0.1, 0.15) is 0 Å². The summed E-state index contributed by atoms with van der Waals surface area (Å²) in [5.41, 5.74) is 0. The summed E-state index contributed by atoms with van der Waals surface area (Å²) in [6.07, 6.45) is 0. The molecule has 0 spiro atoms. The number of halogens is 2. The fourth-order valence-electron chi connectivity index (χ4n) is 1.39. The van der Waals surface area contributed by atoms with Gasteiger partial charge in [0.2, 0.25) is 0 Å². The van der Waals surface area contributed by atoms with Crippen LogP contribution in [0.15, 0.2) is 60.7 Å². The Labute approximate surface area is 161 Å². The van der Waals surface area contributed by atoms with Gasteiger partial charge in [-0.25, -0.2) is 0 Å². The van der Waals surface area contributed by atoms with Gasteiger partial charge in [0.05, 0.1) is 0 Å². The molecule has 140 valence electrons. The molecule has 25 heavy (non-hydrogen) atoms. The first-order valence-electron chi connectivity index (χ1n) is 6.18. The summed E-state index contributed by atoms with van der Waals surface area (Å²) in [6.45, 7) is 0. The predicted molar refractivity (Wildman–Crippen MR) is 105 cm³/mol. The molecule has 9 nitrogen and oxygen atoms in total. The van der Waals surface area contributed by atoms with E-state index in [4.69, 9.17) is 10.5 Å². The van der Waals surface area contributed by atoms with Gasteiger partial charge in [-0.3, -0.25) is 0 Å². The zero-order valence-electron chi connectivity index (χ0n) is 12.1. The van der Waals surface area contributed by atoms with Crippen molar-refractivity contribution in [1.82, 2.24) is 0 Å². The summed E-state index contributed by atoms with van der Waals surface area (Å²) in [5, 5.41) is 0. The summed E-state index contributed by atoms with van der Waals surface area (Å²) in [5.74, 6) is 0. The van der Waals surface area contributed by atoms with Crippen LogP contribution in [0.3, 0.4) is 0 Å². The fraction of sp³-hybridized carbons (Fsp3) is 0. The average Bonchev–Trinajstić information content (AvgIpc) is 2.53. The van der Waals surface area contributed by atoms with E-state index < -0.39 is 62.1 Å². The Hall–Kier alpha value is -0.400. The SMILES string of the molecule is O=S(=O)(O)OI(OI(OS(=O)(=O)O)c1ccccc1)c1ccccc1. The zero-order chi connectivity index (χ0) is 18.5. The molecule has 0 aliphatic rings. The molecule has 0 unspecified atom stereocenters. The monoisotopic (exact) mass is 618 g/mol. The second-order valence-electron chi connectivity index (χ2n) is 4.07. The van der Waals surface area contributed by atoms with Gasteiger partial charge in [-0.1, -0.05) is 0 Å². The first kappa shape index (κ1) is 20.9. The molecule has 2 aromatic rings. The van der Waals surface area contributed by atoms with Crippen molar-refractivity contribution in [2.45, 2.75) is 0 Å². The van der Waals surface area contributed by atoms with Crippen molar-refractivity contribution in [1.29, 1.82) is 0 Å². The van der Waals surface area contributed by atoms with Crippen LogP contribution >= 0.6 is 41.3 Å². The molecule has 13 heteroatoms. The van der Waals surface area contributed by atoms with Crippen LogP contribution in [0.25, 0.3) is 0 Å². The van der Waals surface area contributed by atoms with Gasteiger partial charge >= 0.3 is 162 Å². The van der Waals surface area contributed by atoms with Crippen molar-refractivity contribution in [2.75, 3.05) is 0 Å². The second-order valence-corrected chi connectivity index (χ2v) is 15.7. The molecule has 2 N–H and O–H groups in total. The standard InChI is InChI=1S/C12H12I2O9S2/c15-24(16,17)22-13(11-7-3-1-4-8-11)21-14(23-25(18,19)20)12-9-5-2-6-10-12/h1-10H,(H,15,16,17)(H,18,19,20). The van der Waals surface area contributed by atoms with Crippen LogP contribution in [0, 0.1) is 7.14 Å². The van der Waals surface area contributed by atoms with Crippen LogP contribution < -0.4 is 0 Å². The van der Waals surface area contributed by atoms with E-state index in [1.807, 2.05) is 0 Å². The molecule has 0 heterocycles. The maximum atomic E-state index is 11.1. The van der Waals surface area contributed by atoms with Crippen LogP contribution in [-0.2, 0) is 27.2 Å². The number of rotatable bonds is 8. The Balaban J connectivity index is 2.37. The molecule has 0 aliphatic heterocycles. The van der Waals surface area contributed by atoms with Gasteiger partial charge in [0.1, 0.15) is 0 Å². The number of benzene rings is 2. The number of hydrogen-bond acceptors (Lipinski definition) is 7. The topological polar surface area (TPSA) is 136 Å². The number of hydrogen-bond donors (Lipinski definition) is 2. The Morgan fingerprint density at radius 2 is 0.960 bits per heavy atom. The molecule has 0 radical (unpaired) electrons. The summed E-state index contributed by atoms with van der Waals surface area (Å²) >= 11 is -7.03. The van der Waals surface area contributed by atoms with E-state index >= 15 is 0 Å². The molecule has 0 fully saturated rings. The van der Waals surface area contributed by atoms with Crippen molar-refractivity contribution >= 4 is 62.1 Å². The van der Waals surface area contributed by atoms with E-state index in [-0.39, 0.29) is 0 Å². The second kappa shape index (κ2) is 9.00. The Bertz CT molecular complexity index is 813. The van der Waals surface area contributed by atoms with E-state index in [1.54, 1.807) is 36.4 Å². The summed E-state index contributed by atoms with van der Waals surface area (Å²) in [4.78, 5) is 0. The van der Waals surface area contributed by atoms with Crippen molar-refractivity contribution < 1.29 is 32.4 Å². The van der Waals surface area contributed by atoms with E-state index in [2.05, 4.69) is 5.03 Å². The Kier molecular flexibility index (Phi) is 7.52. The predicted octanol–water partition coefficient (Wildman–Crippen LogP) is 3.05. The van der Waals surface area contributed by atoms with Gasteiger partial charge in [0, 0.05) is 0 Å². The molecule has 0 atom stereocenters. The molecular formula is C12H12I2O9S2. The molecule has 0 saturated carbocycles. The van der Waals surface area contributed by atoms with Gasteiger partial charge < -0.3 is 0 Å². The van der Waals surface area contributed by atoms with Gasteiger partial charge in [0.15, 0.2) is 0 Å². The summed E-state index contributed by atoms with van der Waals surface area (Å²) in [6, 6.07) is 15.8. The summed E-state index contributed by atoms with van der Waals surface area (Å²) < 4.78 is 78.0. The van der Waals surface area contributed by atoms with Crippen molar-refractivity contribution in [3.05, 3.63) is 67.8 Å². The molecule has 0 saturated heterocycles. The molecule has 0 amide bonds. The average molecular weight is 618 g/mol. The first-order valence-corrected chi connectivity index (χ1v) is 14.6. The maximum absolute atomic E-state index is 11.1. The molecule has 0 aliphatic carbocycles.